The highest BCUT2D eigenvalue weighted by atomic mass is 15.2. The number of para-hydroxylation sites is 1. The zero-order chi connectivity index (χ0) is 16.3. The molecular weight excluding hydrogens is 268 g/mol. The zero-order valence-electron chi connectivity index (χ0n) is 14.4. The predicted molar refractivity (Wildman–Crippen MR) is 97.0 cm³/mol. The van der Waals surface area contributed by atoms with Gasteiger partial charge in [-0.25, -0.2) is 0 Å². The lowest BCUT2D eigenvalue weighted by Gasteiger charge is -2.35. The normalized spacial score (nSPS) is 18.1. The lowest BCUT2D eigenvalue weighted by molar-refractivity contribution is 0.584. The fraction of sp³-hybridized carbons (Fsp3) is 0.450. The molecule has 1 heterocycles. The van der Waals surface area contributed by atoms with Crippen LogP contribution in [0.3, 0.4) is 0 Å². The first kappa shape index (κ1) is 16.5. The maximum Gasteiger partial charge on any atom is 0.0867 e. The number of nitrogens with zero attached hydrogens (tertiary/aromatic N) is 1. The van der Waals surface area contributed by atoms with E-state index in [0.717, 1.165) is 6.42 Å². The molecule has 0 spiro atoms. The van der Waals surface area contributed by atoms with E-state index in [2.05, 4.69) is 76.1 Å². The Morgan fingerprint density at radius 3 is 2.55 bits per heavy atom. The monoisotopic (exact) mass is 296 g/mol. The zero-order valence-corrected chi connectivity index (χ0v) is 14.4. The number of allylic oxidation sites excluding steroid dienone is 2. The van der Waals surface area contributed by atoms with Gasteiger partial charge in [0.15, 0.2) is 0 Å². The summed E-state index contributed by atoms with van der Waals surface area (Å²) in [6.07, 6.45) is 10.8. The van der Waals surface area contributed by atoms with Crippen LogP contribution in [0.5, 0.6) is 0 Å². The van der Waals surface area contributed by atoms with Crippen molar-refractivity contribution >= 4 is 11.9 Å². The molecule has 1 unspecified atom stereocenters. The van der Waals surface area contributed by atoms with Crippen molar-refractivity contribution in [3.63, 3.8) is 0 Å². The number of nitrogens with one attached hydrogen (secondary N) is 1. The molecule has 22 heavy (non-hydrogen) atoms. The second-order valence-corrected chi connectivity index (χ2v) is 7.45. The van der Waals surface area contributed by atoms with E-state index in [-0.39, 0.29) is 11.5 Å². The van der Waals surface area contributed by atoms with Crippen LogP contribution in [-0.4, -0.2) is 12.3 Å². The van der Waals surface area contributed by atoms with Gasteiger partial charge in [-0.1, -0.05) is 65.0 Å². The highest BCUT2D eigenvalue weighted by Crippen LogP contribution is 2.37. The molecule has 0 bridgehead atoms. The van der Waals surface area contributed by atoms with Gasteiger partial charge in [-0.2, -0.15) is 0 Å². The van der Waals surface area contributed by atoms with Crippen molar-refractivity contribution < 1.29 is 0 Å². The highest BCUT2D eigenvalue weighted by molar-refractivity contribution is 5.76. The van der Waals surface area contributed by atoms with Crippen LogP contribution >= 0.6 is 0 Å². The van der Waals surface area contributed by atoms with Gasteiger partial charge < -0.3 is 10.3 Å². The number of hydrogen-bond acceptors (Lipinski definition) is 2. The smallest absolute Gasteiger partial charge is 0.0867 e. The molecule has 0 saturated heterocycles. The molecule has 0 radical (unpaired) electrons. The average Bonchev–Trinajstić information content (AvgIpc) is 2.45. The van der Waals surface area contributed by atoms with Crippen molar-refractivity contribution in [3.8, 4) is 0 Å². The molecule has 2 nitrogen and oxygen atoms in total. The third kappa shape index (κ3) is 3.49. The van der Waals surface area contributed by atoms with Crippen LogP contribution in [-0.2, 0) is 11.8 Å². The van der Waals surface area contributed by atoms with Gasteiger partial charge in [0.25, 0.3) is 0 Å². The van der Waals surface area contributed by atoms with Crippen LogP contribution in [0.15, 0.2) is 42.6 Å². The third-order valence-corrected chi connectivity index (χ3v) is 3.97. The van der Waals surface area contributed by atoms with Crippen LogP contribution in [0.2, 0.25) is 0 Å². The minimum Gasteiger partial charge on any atom is -0.336 e. The summed E-state index contributed by atoms with van der Waals surface area (Å²) in [7, 11) is 0. The molecule has 1 aromatic rings. The predicted octanol–water partition coefficient (Wildman–Crippen LogP) is 5.09. The van der Waals surface area contributed by atoms with Crippen LogP contribution in [0.1, 0.15) is 45.7 Å². The summed E-state index contributed by atoms with van der Waals surface area (Å²) in [4.78, 5) is 2.24. The SMILES string of the molecule is CC(C)Cc1cccc(C(C)(C)C)c1N1C=CC=CC1C=N. The third-order valence-electron chi connectivity index (χ3n) is 3.97. The van der Waals surface area contributed by atoms with Crippen molar-refractivity contribution in [1.29, 1.82) is 5.41 Å². The van der Waals surface area contributed by atoms with E-state index in [0.29, 0.717) is 5.92 Å². The Labute approximate surface area is 135 Å². The molecule has 0 saturated carbocycles. The summed E-state index contributed by atoms with van der Waals surface area (Å²) in [5.74, 6) is 0.608. The van der Waals surface area contributed by atoms with Gasteiger partial charge >= 0.3 is 0 Å². The highest BCUT2D eigenvalue weighted by Gasteiger charge is 2.26. The second-order valence-electron chi connectivity index (χ2n) is 7.45. The summed E-state index contributed by atoms with van der Waals surface area (Å²) in [5.41, 5.74) is 4.06. The summed E-state index contributed by atoms with van der Waals surface area (Å²) < 4.78 is 0. The molecule has 0 aliphatic carbocycles. The minimum atomic E-state index is -0.000544. The van der Waals surface area contributed by atoms with Crippen molar-refractivity contribution in [3.05, 3.63) is 53.8 Å². The van der Waals surface area contributed by atoms with Gasteiger partial charge in [-0.3, -0.25) is 0 Å². The fourth-order valence-electron chi connectivity index (χ4n) is 2.98. The van der Waals surface area contributed by atoms with Crippen LogP contribution in [0, 0.1) is 11.3 Å². The Morgan fingerprint density at radius 2 is 1.95 bits per heavy atom. The maximum absolute atomic E-state index is 7.76. The second kappa shape index (κ2) is 6.51. The van der Waals surface area contributed by atoms with E-state index in [1.54, 1.807) is 0 Å². The van der Waals surface area contributed by atoms with E-state index in [9.17, 15) is 0 Å². The van der Waals surface area contributed by atoms with Crippen LogP contribution in [0.4, 0.5) is 5.69 Å². The van der Waals surface area contributed by atoms with E-state index >= 15 is 0 Å². The lowest BCUT2D eigenvalue weighted by Crippen LogP contribution is -2.34. The molecule has 1 aliphatic heterocycles. The van der Waals surface area contributed by atoms with E-state index in [4.69, 9.17) is 5.41 Å². The molecule has 2 heteroatoms. The topological polar surface area (TPSA) is 27.1 Å². The van der Waals surface area contributed by atoms with E-state index in [1.807, 2.05) is 6.08 Å². The Kier molecular flexibility index (Phi) is 4.90. The Hall–Kier alpha value is -1.83. The van der Waals surface area contributed by atoms with Crippen molar-refractivity contribution in [2.75, 3.05) is 4.90 Å². The summed E-state index contributed by atoms with van der Waals surface area (Å²) in [6, 6.07) is 6.63. The molecule has 0 aromatic heterocycles. The lowest BCUT2D eigenvalue weighted by atomic mass is 9.82. The average molecular weight is 296 g/mol. The van der Waals surface area contributed by atoms with Gasteiger partial charge in [0.05, 0.1) is 6.04 Å². The van der Waals surface area contributed by atoms with Crippen molar-refractivity contribution in [2.45, 2.75) is 52.5 Å². The van der Waals surface area contributed by atoms with Crippen molar-refractivity contribution in [1.82, 2.24) is 0 Å². The molecule has 1 aliphatic rings. The minimum absolute atomic E-state index is 0.000544. The number of rotatable bonds is 4. The Balaban J connectivity index is 2.61. The van der Waals surface area contributed by atoms with Gasteiger partial charge in [0, 0.05) is 18.1 Å². The maximum atomic E-state index is 7.76. The van der Waals surface area contributed by atoms with Crippen LogP contribution < -0.4 is 4.90 Å². The quantitative estimate of drug-likeness (QED) is 0.770. The fourth-order valence-corrected chi connectivity index (χ4v) is 2.98. The van der Waals surface area contributed by atoms with Crippen LogP contribution in [0.25, 0.3) is 0 Å². The van der Waals surface area contributed by atoms with Gasteiger partial charge in [0.1, 0.15) is 0 Å². The summed E-state index contributed by atoms with van der Waals surface area (Å²) in [6.45, 7) is 11.3. The molecule has 1 aromatic carbocycles. The molecule has 0 fully saturated rings. The van der Waals surface area contributed by atoms with E-state index in [1.165, 1.54) is 23.0 Å². The first-order valence-corrected chi connectivity index (χ1v) is 8.11. The molecule has 1 atom stereocenters. The Morgan fingerprint density at radius 1 is 1.23 bits per heavy atom. The summed E-state index contributed by atoms with van der Waals surface area (Å²) in [5, 5.41) is 7.76. The Bertz CT molecular complexity index is 588. The van der Waals surface area contributed by atoms with Gasteiger partial charge in [-0.15, -0.1) is 0 Å². The molecular formula is C20H28N2. The number of hydrogen-bond donors (Lipinski definition) is 1. The van der Waals surface area contributed by atoms with Crippen molar-refractivity contribution in [2.24, 2.45) is 5.92 Å². The largest absolute Gasteiger partial charge is 0.336 e. The molecule has 2 rings (SSSR count). The molecule has 1 N–H and O–H groups in total. The first-order chi connectivity index (χ1) is 10.3. The van der Waals surface area contributed by atoms with Gasteiger partial charge in [-0.05, 0) is 35.0 Å². The number of anilines is 1. The standard InChI is InChI=1S/C20H28N2/c1-15(2)13-16-9-8-11-18(20(3,4)5)19(16)22-12-7-6-10-17(22)14-21/h6-12,14-15,17,21H,13H2,1-5H3. The first-order valence-electron chi connectivity index (χ1n) is 8.11. The summed E-state index contributed by atoms with van der Waals surface area (Å²) >= 11 is 0. The molecule has 118 valence electrons. The number of benzene rings is 1. The van der Waals surface area contributed by atoms with Gasteiger partial charge in [0.2, 0.25) is 0 Å². The van der Waals surface area contributed by atoms with E-state index < -0.39 is 0 Å². The molecule has 0 amide bonds.